The number of halogens is 1. The molecule has 5 nitrogen and oxygen atoms in total. The van der Waals surface area contributed by atoms with Crippen molar-refractivity contribution < 1.29 is 9.72 Å². The number of carbonyl (C=O) groups is 1. The van der Waals surface area contributed by atoms with E-state index in [1.165, 1.54) is 24.3 Å². The lowest BCUT2D eigenvalue weighted by molar-refractivity contribution is -0.385. The van der Waals surface area contributed by atoms with Gasteiger partial charge in [0.2, 0.25) is 0 Å². The minimum absolute atomic E-state index is 0.127. The van der Waals surface area contributed by atoms with Crippen LogP contribution in [0.3, 0.4) is 0 Å². The molecule has 0 fully saturated rings. The second-order valence-corrected chi connectivity index (χ2v) is 3.87. The van der Waals surface area contributed by atoms with E-state index < -0.39 is 4.92 Å². The number of rotatable bonds is 4. The maximum Gasteiger partial charge on any atom is 0.271 e. The van der Waals surface area contributed by atoms with Crippen LogP contribution in [0, 0.1) is 10.1 Å². The number of nitrogens with zero attached hydrogens (tertiary/aromatic N) is 1. The number of amides is 1. The molecule has 6 heteroatoms. The molecule has 0 radical (unpaired) electrons. The smallest absolute Gasteiger partial charge is 0.271 e. The van der Waals surface area contributed by atoms with Gasteiger partial charge < -0.3 is 5.32 Å². The normalized spacial score (nSPS) is 9.56. The largest absolute Gasteiger partial charge is 0.349 e. The Balaban J connectivity index is 3.00. The minimum atomic E-state index is -0.547. The van der Waals surface area contributed by atoms with E-state index in [1.54, 1.807) is 0 Å². The van der Waals surface area contributed by atoms with Gasteiger partial charge in [0.15, 0.2) is 0 Å². The maximum atomic E-state index is 11.5. The Morgan fingerprint density at radius 1 is 1.56 bits per heavy atom. The third-order valence-corrected chi connectivity index (χ3v) is 2.22. The number of nitro benzene ring substituents is 1. The van der Waals surface area contributed by atoms with Crippen LogP contribution in [0.15, 0.2) is 35.3 Å². The molecule has 0 atom stereocenters. The van der Waals surface area contributed by atoms with E-state index in [0.717, 1.165) is 0 Å². The van der Waals surface area contributed by atoms with E-state index in [2.05, 4.69) is 27.8 Å². The van der Waals surface area contributed by atoms with Crippen molar-refractivity contribution in [2.24, 2.45) is 0 Å². The molecule has 0 aliphatic carbocycles. The molecule has 16 heavy (non-hydrogen) atoms. The van der Waals surface area contributed by atoms with Crippen molar-refractivity contribution in [3.05, 3.63) is 51.0 Å². The van der Waals surface area contributed by atoms with E-state index in [0.29, 0.717) is 11.0 Å². The molecule has 1 aromatic rings. The lowest BCUT2D eigenvalue weighted by Crippen LogP contribution is -2.23. The Kier molecular flexibility index (Phi) is 4.19. The van der Waals surface area contributed by atoms with E-state index >= 15 is 0 Å². The van der Waals surface area contributed by atoms with Crippen molar-refractivity contribution in [2.45, 2.75) is 0 Å². The number of non-ortho nitro benzene ring substituents is 1. The molecular formula is C10H9BrN2O3. The lowest BCUT2D eigenvalue weighted by Gasteiger charge is -2.02. The van der Waals surface area contributed by atoms with Crippen molar-refractivity contribution in [3.8, 4) is 0 Å². The monoisotopic (exact) mass is 284 g/mol. The first-order chi connectivity index (χ1) is 7.54. The molecule has 0 aliphatic rings. The Hall–Kier alpha value is -1.69. The van der Waals surface area contributed by atoms with Gasteiger partial charge in [-0.15, -0.1) is 6.58 Å². The Morgan fingerprint density at radius 2 is 2.25 bits per heavy atom. The molecule has 1 amide bonds. The van der Waals surface area contributed by atoms with Gasteiger partial charge >= 0.3 is 0 Å². The van der Waals surface area contributed by atoms with Crippen molar-refractivity contribution in [3.63, 3.8) is 0 Å². The third-order valence-electron chi connectivity index (χ3n) is 1.76. The molecule has 0 spiro atoms. The van der Waals surface area contributed by atoms with Gasteiger partial charge in [0, 0.05) is 28.7 Å². The first-order valence-corrected chi connectivity index (χ1v) is 5.18. The fraction of sp³-hybridized carbons (Fsp3) is 0.100. The topological polar surface area (TPSA) is 72.2 Å². The summed E-state index contributed by atoms with van der Waals surface area (Å²) in [6, 6.07) is 4.08. The molecule has 0 heterocycles. The van der Waals surface area contributed by atoms with Crippen molar-refractivity contribution in [2.75, 3.05) is 6.54 Å². The van der Waals surface area contributed by atoms with Gasteiger partial charge in [-0.1, -0.05) is 22.0 Å². The van der Waals surface area contributed by atoms with Gasteiger partial charge in [0.25, 0.3) is 11.6 Å². The van der Waals surface area contributed by atoms with E-state index in [1.807, 2.05) is 0 Å². The summed E-state index contributed by atoms with van der Waals surface area (Å²) in [7, 11) is 0. The SMILES string of the molecule is C=CCNC(=O)c1cc(Br)cc([N+](=O)[O-])c1. The first kappa shape index (κ1) is 12.4. The summed E-state index contributed by atoms with van der Waals surface area (Å²) in [5.41, 5.74) is 0.112. The van der Waals surface area contributed by atoms with Gasteiger partial charge in [-0.25, -0.2) is 0 Å². The van der Waals surface area contributed by atoms with E-state index in [9.17, 15) is 14.9 Å². The van der Waals surface area contributed by atoms with Crippen LogP contribution in [-0.2, 0) is 0 Å². The highest BCUT2D eigenvalue weighted by atomic mass is 79.9. The van der Waals surface area contributed by atoms with Crippen LogP contribution in [-0.4, -0.2) is 17.4 Å². The van der Waals surface area contributed by atoms with Crippen LogP contribution in [0.1, 0.15) is 10.4 Å². The molecule has 0 unspecified atom stereocenters. The van der Waals surface area contributed by atoms with Crippen LogP contribution in [0.4, 0.5) is 5.69 Å². The zero-order valence-electron chi connectivity index (χ0n) is 8.27. The fourth-order valence-corrected chi connectivity index (χ4v) is 1.56. The highest BCUT2D eigenvalue weighted by Gasteiger charge is 2.12. The van der Waals surface area contributed by atoms with Crippen molar-refractivity contribution >= 4 is 27.5 Å². The van der Waals surface area contributed by atoms with E-state index in [4.69, 9.17) is 0 Å². The summed E-state index contributed by atoms with van der Waals surface area (Å²) in [5, 5.41) is 13.1. The average Bonchev–Trinajstić information content (AvgIpc) is 2.24. The van der Waals surface area contributed by atoms with Crippen molar-refractivity contribution in [1.29, 1.82) is 0 Å². The highest BCUT2D eigenvalue weighted by molar-refractivity contribution is 9.10. The molecule has 0 aliphatic heterocycles. The maximum absolute atomic E-state index is 11.5. The van der Waals surface area contributed by atoms with E-state index in [-0.39, 0.29) is 17.2 Å². The number of carbonyl (C=O) groups excluding carboxylic acids is 1. The van der Waals surface area contributed by atoms with Gasteiger partial charge in [-0.3, -0.25) is 14.9 Å². The van der Waals surface area contributed by atoms with Crippen LogP contribution < -0.4 is 5.32 Å². The summed E-state index contributed by atoms with van der Waals surface area (Å²) in [6.45, 7) is 3.78. The molecule has 0 saturated carbocycles. The molecule has 0 aromatic heterocycles. The van der Waals surface area contributed by atoms with Crippen molar-refractivity contribution in [1.82, 2.24) is 5.32 Å². The number of hydrogen-bond acceptors (Lipinski definition) is 3. The molecule has 1 aromatic carbocycles. The molecule has 1 rings (SSSR count). The molecule has 0 saturated heterocycles. The van der Waals surface area contributed by atoms with Gasteiger partial charge in [0.1, 0.15) is 0 Å². The van der Waals surface area contributed by atoms with Crippen LogP contribution in [0.5, 0.6) is 0 Å². The summed E-state index contributed by atoms with van der Waals surface area (Å²) < 4.78 is 0.491. The predicted octanol–water partition coefficient (Wildman–Crippen LogP) is 2.27. The fourth-order valence-electron chi connectivity index (χ4n) is 1.08. The highest BCUT2D eigenvalue weighted by Crippen LogP contribution is 2.21. The summed E-state index contributed by atoms with van der Waals surface area (Å²) in [5.74, 6) is -0.371. The van der Waals surface area contributed by atoms with Crippen LogP contribution in [0.25, 0.3) is 0 Å². The quantitative estimate of drug-likeness (QED) is 0.524. The lowest BCUT2D eigenvalue weighted by atomic mass is 10.2. The first-order valence-electron chi connectivity index (χ1n) is 4.38. The molecule has 0 bridgehead atoms. The second-order valence-electron chi connectivity index (χ2n) is 2.95. The van der Waals surface area contributed by atoms with Crippen LogP contribution >= 0.6 is 15.9 Å². The summed E-state index contributed by atoms with van der Waals surface area (Å²) in [6.07, 6.45) is 1.53. The van der Waals surface area contributed by atoms with Gasteiger partial charge in [-0.05, 0) is 6.07 Å². The second kappa shape index (κ2) is 5.41. The molecule has 1 N–H and O–H groups in total. The number of hydrogen-bond donors (Lipinski definition) is 1. The zero-order chi connectivity index (χ0) is 12.1. The number of benzene rings is 1. The Morgan fingerprint density at radius 3 is 2.81 bits per heavy atom. The number of nitrogens with one attached hydrogen (secondary N) is 1. The van der Waals surface area contributed by atoms with Gasteiger partial charge in [0.05, 0.1) is 4.92 Å². The standard InChI is InChI=1S/C10H9BrN2O3/c1-2-3-12-10(14)7-4-8(11)6-9(5-7)13(15)16/h2,4-6H,1,3H2,(H,12,14). The van der Waals surface area contributed by atoms with Gasteiger partial charge in [-0.2, -0.15) is 0 Å². The molecular weight excluding hydrogens is 276 g/mol. The predicted molar refractivity (Wildman–Crippen MR) is 63.3 cm³/mol. The zero-order valence-corrected chi connectivity index (χ0v) is 9.86. The summed E-state index contributed by atoms with van der Waals surface area (Å²) in [4.78, 5) is 21.6. The Bertz CT molecular complexity index is 446. The average molecular weight is 285 g/mol. The third kappa shape index (κ3) is 3.16. The molecule has 84 valence electrons. The minimum Gasteiger partial charge on any atom is -0.349 e. The van der Waals surface area contributed by atoms with Crippen LogP contribution in [0.2, 0.25) is 0 Å². The Labute approximate surface area is 100 Å². The number of nitro groups is 1. The summed E-state index contributed by atoms with van der Waals surface area (Å²) >= 11 is 3.11.